The molecule has 34 heavy (non-hydrogen) atoms. The SMILES string of the molecule is COc1ccc(OC)c(N(Cc2ccc(C(=O)NC[C@@H](C)c3ccccc3)cc2)S(C)(=O)=O)c1. The molecule has 0 unspecified atom stereocenters. The molecule has 1 amide bonds. The molecule has 0 saturated carbocycles. The predicted molar refractivity (Wildman–Crippen MR) is 134 cm³/mol. The van der Waals surface area contributed by atoms with E-state index in [0.29, 0.717) is 29.3 Å². The Kier molecular flexibility index (Phi) is 8.17. The number of nitrogens with one attached hydrogen (secondary N) is 1. The van der Waals surface area contributed by atoms with Gasteiger partial charge in [-0.3, -0.25) is 9.10 Å². The Balaban J connectivity index is 1.73. The molecule has 0 radical (unpaired) electrons. The minimum absolute atomic E-state index is 0.0787. The van der Waals surface area contributed by atoms with E-state index in [9.17, 15) is 13.2 Å². The van der Waals surface area contributed by atoms with Gasteiger partial charge in [0, 0.05) is 18.2 Å². The number of rotatable bonds is 10. The smallest absolute Gasteiger partial charge is 0.251 e. The fourth-order valence-electron chi connectivity index (χ4n) is 3.55. The molecular weight excluding hydrogens is 452 g/mol. The molecule has 0 aliphatic carbocycles. The molecular formula is C26H30N2O5S. The molecule has 0 fully saturated rings. The molecule has 3 aromatic rings. The zero-order chi connectivity index (χ0) is 24.7. The molecule has 7 nitrogen and oxygen atoms in total. The van der Waals surface area contributed by atoms with Gasteiger partial charge in [-0.2, -0.15) is 0 Å². The van der Waals surface area contributed by atoms with Gasteiger partial charge in [-0.25, -0.2) is 8.42 Å². The average molecular weight is 483 g/mol. The minimum Gasteiger partial charge on any atom is -0.497 e. The first-order valence-corrected chi connectivity index (χ1v) is 12.7. The monoisotopic (exact) mass is 482 g/mol. The van der Waals surface area contributed by atoms with Crippen molar-refractivity contribution in [2.24, 2.45) is 0 Å². The fourth-order valence-corrected chi connectivity index (χ4v) is 4.43. The number of methoxy groups -OCH3 is 2. The van der Waals surface area contributed by atoms with E-state index >= 15 is 0 Å². The van der Waals surface area contributed by atoms with E-state index in [1.54, 1.807) is 42.5 Å². The Morgan fingerprint density at radius 3 is 2.24 bits per heavy atom. The molecule has 1 atom stereocenters. The lowest BCUT2D eigenvalue weighted by atomic mass is 10.0. The van der Waals surface area contributed by atoms with Crippen LogP contribution in [0.2, 0.25) is 0 Å². The van der Waals surface area contributed by atoms with Gasteiger partial charge < -0.3 is 14.8 Å². The van der Waals surface area contributed by atoms with Crippen molar-refractivity contribution < 1.29 is 22.7 Å². The number of amides is 1. The molecule has 0 saturated heterocycles. The number of sulfonamides is 1. The van der Waals surface area contributed by atoms with Crippen molar-refractivity contribution in [1.82, 2.24) is 5.32 Å². The van der Waals surface area contributed by atoms with Crippen molar-refractivity contribution in [1.29, 1.82) is 0 Å². The summed E-state index contributed by atoms with van der Waals surface area (Å²) >= 11 is 0. The quantitative estimate of drug-likeness (QED) is 0.468. The molecule has 0 heterocycles. The molecule has 0 spiro atoms. The lowest BCUT2D eigenvalue weighted by Gasteiger charge is -2.25. The molecule has 3 rings (SSSR count). The van der Waals surface area contributed by atoms with Crippen LogP contribution in [0.15, 0.2) is 72.8 Å². The summed E-state index contributed by atoms with van der Waals surface area (Å²) in [7, 11) is -0.628. The summed E-state index contributed by atoms with van der Waals surface area (Å²) in [5.41, 5.74) is 2.77. The second-order valence-corrected chi connectivity index (χ2v) is 9.93. The zero-order valence-electron chi connectivity index (χ0n) is 19.8. The van der Waals surface area contributed by atoms with Gasteiger partial charge in [-0.05, 0) is 41.3 Å². The molecule has 0 aliphatic rings. The van der Waals surface area contributed by atoms with Gasteiger partial charge in [0.2, 0.25) is 10.0 Å². The third-order valence-electron chi connectivity index (χ3n) is 5.53. The highest BCUT2D eigenvalue weighted by Gasteiger charge is 2.22. The molecule has 0 bridgehead atoms. The van der Waals surface area contributed by atoms with E-state index in [1.165, 1.54) is 18.5 Å². The highest BCUT2D eigenvalue weighted by Crippen LogP contribution is 2.34. The van der Waals surface area contributed by atoms with Crippen LogP contribution in [0.25, 0.3) is 0 Å². The van der Waals surface area contributed by atoms with Gasteiger partial charge in [0.1, 0.15) is 11.5 Å². The Morgan fingerprint density at radius 2 is 1.65 bits per heavy atom. The topological polar surface area (TPSA) is 84.9 Å². The maximum Gasteiger partial charge on any atom is 0.251 e. The second kappa shape index (κ2) is 11.1. The lowest BCUT2D eigenvalue weighted by molar-refractivity contribution is 0.0951. The van der Waals surface area contributed by atoms with Gasteiger partial charge in [0.15, 0.2) is 0 Å². The van der Waals surface area contributed by atoms with Gasteiger partial charge in [-0.15, -0.1) is 0 Å². The van der Waals surface area contributed by atoms with Crippen molar-refractivity contribution in [3.63, 3.8) is 0 Å². The van der Waals surface area contributed by atoms with Crippen molar-refractivity contribution in [3.05, 3.63) is 89.5 Å². The van der Waals surface area contributed by atoms with Crippen LogP contribution >= 0.6 is 0 Å². The van der Waals surface area contributed by atoms with Crippen molar-refractivity contribution in [3.8, 4) is 11.5 Å². The molecule has 0 aliphatic heterocycles. The highest BCUT2D eigenvalue weighted by molar-refractivity contribution is 7.92. The van der Waals surface area contributed by atoms with E-state index in [2.05, 4.69) is 12.2 Å². The van der Waals surface area contributed by atoms with Crippen LogP contribution in [0.5, 0.6) is 11.5 Å². The van der Waals surface area contributed by atoms with Crippen LogP contribution in [0.4, 0.5) is 5.69 Å². The summed E-state index contributed by atoms with van der Waals surface area (Å²) in [5.74, 6) is 0.935. The summed E-state index contributed by atoms with van der Waals surface area (Å²) in [6.07, 6.45) is 1.14. The Labute approximate surface area is 201 Å². The fraction of sp³-hybridized carbons (Fsp3) is 0.269. The van der Waals surface area contributed by atoms with Crippen LogP contribution in [0.3, 0.4) is 0 Å². The van der Waals surface area contributed by atoms with E-state index in [4.69, 9.17) is 9.47 Å². The number of nitrogens with zero attached hydrogens (tertiary/aromatic N) is 1. The number of hydrogen-bond donors (Lipinski definition) is 1. The van der Waals surface area contributed by atoms with E-state index < -0.39 is 10.0 Å². The van der Waals surface area contributed by atoms with Crippen LogP contribution in [0.1, 0.15) is 34.3 Å². The minimum atomic E-state index is -3.63. The number of ether oxygens (including phenoxy) is 2. The molecule has 0 aromatic heterocycles. The number of benzene rings is 3. The van der Waals surface area contributed by atoms with Gasteiger partial charge in [-0.1, -0.05) is 49.4 Å². The Bertz CT molecular complexity index is 1210. The van der Waals surface area contributed by atoms with Gasteiger partial charge in [0.05, 0.1) is 32.7 Å². The normalized spacial score (nSPS) is 12.0. The second-order valence-electron chi connectivity index (χ2n) is 8.03. The first kappa shape index (κ1) is 25.1. The molecule has 3 aromatic carbocycles. The summed E-state index contributed by atoms with van der Waals surface area (Å²) in [6, 6.07) is 21.9. The van der Waals surface area contributed by atoms with E-state index in [1.807, 2.05) is 30.3 Å². The number of hydrogen-bond acceptors (Lipinski definition) is 5. The number of anilines is 1. The van der Waals surface area contributed by atoms with Crippen LogP contribution in [-0.4, -0.2) is 41.3 Å². The highest BCUT2D eigenvalue weighted by atomic mass is 32.2. The molecule has 1 N–H and O–H groups in total. The summed E-state index contributed by atoms with van der Waals surface area (Å²) < 4.78 is 37.1. The first-order chi connectivity index (χ1) is 16.2. The summed E-state index contributed by atoms with van der Waals surface area (Å²) in [5, 5.41) is 2.96. The largest absolute Gasteiger partial charge is 0.497 e. The number of carbonyl (C=O) groups is 1. The summed E-state index contributed by atoms with van der Waals surface area (Å²) in [6.45, 7) is 2.66. The maximum atomic E-state index is 12.6. The Hall–Kier alpha value is -3.52. The Morgan fingerprint density at radius 1 is 0.971 bits per heavy atom. The van der Waals surface area contributed by atoms with Gasteiger partial charge >= 0.3 is 0 Å². The van der Waals surface area contributed by atoms with E-state index in [-0.39, 0.29) is 18.4 Å². The van der Waals surface area contributed by atoms with Crippen molar-refractivity contribution >= 4 is 21.6 Å². The van der Waals surface area contributed by atoms with Crippen LogP contribution < -0.4 is 19.1 Å². The van der Waals surface area contributed by atoms with E-state index in [0.717, 1.165) is 17.4 Å². The molecule has 180 valence electrons. The predicted octanol–water partition coefficient (Wildman–Crippen LogP) is 4.20. The first-order valence-electron chi connectivity index (χ1n) is 10.8. The lowest BCUT2D eigenvalue weighted by Crippen LogP contribution is -2.30. The average Bonchev–Trinajstić information content (AvgIpc) is 2.85. The molecule has 8 heteroatoms. The van der Waals surface area contributed by atoms with Crippen molar-refractivity contribution in [2.75, 3.05) is 31.3 Å². The number of carbonyl (C=O) groups excluding carboxylic acids is 1. The van der Waals surface area contributed by atoms with Crippen molar-refractivity contribution in [2.45, 2.75) is 19.4 Å². The summed E-state index contributed by atoms with van der Waals surface area (Å²) in [4.78, 5) is 12.6. The zero-order valence-corrected chi connectivity index (χ0v) is 20.6. The standard InChI is InChI=1S/C26H30N2O5S/c1-19(21-8-6-5-7-9-21)17-27-26(29)22-12-10-20(11-13-22)18-28(34(4,30)31)24-16-23(32-2)14-15-25(24)33-3/h5-16,19H,17-18H2,1-4H3,(H,27,29)/t19-/m1/s1. The third-order valence-corrected chi connectivity index (χ3v) is 6.66. The van der Waals surface area contributed by atoms with Crippen LogP contribution in [-0.2, 0) is 16.6 Å². The van der Waals surface area contributed by atoms with Gasteiger partial charge in [0.25, 0.3) is 5.91 Å². The maximum absolute atomic E-state index is 12.6. The third kappa shape index (κ3) is 6.29. The van der Waals surface area contributed by atoms with Crippen LogP contribution in [0, 0.1) is 0 Å².